The van der Waals surface area contributed by atoms with Gasteiger partial charge in [-0.1, -0.05) is 24.3 Å². The van der Waals surface area contributed by atoms with Gasteiger partial charge in [0.2, 0.25) is 0 Å². The van der Waals surface area contributed by atoms with E-state index < -0.39 is 0 Å². The predicted molar refractivity (Wildman–Crippen MR) is 94.0 cm³/mol. The van der Waals surface area contributed by atoms with E-state index >= 15 is 0 Å². The highest BCUT2D eigenvalue weighted by Gasteiger charge is 2.25. The summed E-state index contributed by atoms with van der Waals surface area (Å²) in [4.78, 5) is 13.7. The molecule has 0 fully saturated rings. The zero-order valence-corrected chi connectivity index (χ0v) is 12.8. The molecule has 0 spiro atoms. The predicted octanol–water partition coefficient (Wildman–Crippen LogP) is 4.00. The maximum Gasteiger partial charge on any atom is 0.147 e. The Morgan fingerprint density at radius 3 is 2.62 bits per heavy atom. The topological polar surface area (TPSA) is 43.1 Å². The Labute approximate surface area is 137 Å². The minimum atomic E-state index is 0.905. The zero-order chi connectivity index (χ0) is 15.7. The van der Waals surface area contributed by atoms with Crippen molar-refractivity contribution in [2.75, 3.05) is 0 Å². The third-order valence-corrected chi connectivity index (χ3v) is 5.00. The quantitative estimate of drug-likeness (QED) is 0.398. The average Bonchev–Trinajstić information content (AvgIpc) is 3.18. The van der Waals surface area contributed by atoms with Crippen LogP contribution in [0.2, 0.25) is 0 Å². The van der Waals surface area contributed by atoms with Crippen LogP contribution in [-0.4, -0.2) is 19.4 Å². The molecule has 0 atom stereocenters. The standard InChI is InChI=1S/C20H12N4/c1-2-4-13-12(3-1)9-17-19(13)23-20-16-10-21-7-5-14(16)15-6-8-22-11-18(15)24(17)20/h1-8,10-11H,9H2. The van der Waals surface area contributed by atoms with Crippen LogP contribution in [-0.2, 0) is 6.42 Å². The molecule has 1 aliphatic rings. The molecule has 5 aromatic rings. The first-order chi connectivity index (χ1) is 11.9. The molecule has 0 saturated heterocycles. The van der Waals surface area contributed by atoms with Crippen molar-refractivity contribution in [1.29, 1.82) is 0 Å². The first kappa shape index (κ1) is 12.2. The lowest BCUT2D eigenvalue weighted by Crippen LogP contribution is -1.97. The SMILES string of the molecule is c1ccc2c(c1)Cc1c-2nc2c3cnccc3c3ccncc3n12. The summed E-state index contributed by atoms with van der Waals surface area (Å²) in [5, 5.41) is 3.45. The summed E-state index contributed by atoms with van der Waals surface area (Å²) >= 11 is 0. The van der Waals surface area contributed by atoms with Crippen molar-refractivity contribution < 1.29 is 0 Å². The molecule has 0 bridgehead atoms. The molecule has 24 heavy (non-hydrogen) atoms. The minimum Gasteiger partial charge on any atom is -0.294 e. The molecule has 4 aromatic heterocycles. The highest BCUT2D eigenvalue weighted by atomic mass is 15.0. The van der Waals surface area contributed by atoms with E-state index in [2.05, 4.69) is 50.8 Å². The highest BCUT2D eigenvalue weighted by molar-refractivity contribution is 6.11. The molecule has 0 saturated carbocycles. The Balaban J connectivity index is 1.90. The van der Waals surface area contributed by atoms with Crippen molar-refractivity contribution in [3.8, 4) is 11.3 Å². The van der Waals surface area contributed by atoms with E-state index in [0.29, 0.717) is 0 Å². The Morgan fingerprint density at radius 2 is 1.67 bits per heavy atom. The fraction of sp³-hybridized carbons (Fsp3) is 0.0500. The molecule has 4 heterocycles. The molecule has 0 N–H and O–H groups in total. The maximum atomic E-state index is 5.01. The number of nitrogens with zero attached hydrogens (tertiary/aromatic N) is 4. The van der Waals surface area contributed by atoms with Crippen LogP contribution < -0.4 is 0 Å². The second-order valence-corrected chi connectivity index (χ2v) is 6.21. The first-order valence-corrected chi connectivity index (χ1v) is 8.01. The maximum absolute atomic E-state index is 5.01. The van der Waals surface area contributed by atoms with Crippen LogP contribution >= 0.6 is 0 Å². The van der Waals surface area contributed by atoms with Gasteiger partial charge >= 0.3 is 0 Å². The summed E-state index contributed by atoms with van der Waals surface area (Å²) in [7, 11) is 0. The van der Waals surface area contributed by atoms with Gasteiger partial charge in [0.15, 0.2) is 0 Å². The highest BCUT2D eigenvalue weighted by Crippen LogP contribution is 2.39. The third-order valence-electron chi connectivity index (χ3n) is 5.00. The van der Waals surface area contributed by atoms with Crippen LogP contribution in [0.25, 0.3) is 38.6 Å². The molecule has 0 unspecified atom stereocenters. The van der Waals surface area contributed by atoms with Crippen molar-refractivity contribution in [3.05, 3.63) is 72.4 Å². The van der Waals surface area contributed by atoms with Crippen LogP contribution in [0, 0.1) is 0 Å². The summed E-state index contributed by atoms with van der Waals surface area (Å²) in [5.41, 5.74) is 6.99. The van der Waals surface area contributed by atoms with Crippen molar-refractivity contribution in [1.82, 2.24) is 19.4 Å². The molecular formula is C20H12N4. The van der Waals surface area contributed by atoms with Gasteiger partial charge in [-0.25, -0.2) is 4.98 Å². The molecule has 112 valence electrons. The van der Waals surface area contributed by atoms with Gasteiger partial charge in [0.05, 0.1) is 23.1 Å². The van der Waals surface area contributed by atoms with Gasteiger partial charge in [0.1, 0.15) is 5.65 Å². The summed E-state index contributed by atoms with van der Waals surface area (Å²) in [5.74, 6) is 0. The largest absolute Gasteiger partial charge is 0.294 e. The minimum absolute atomic E-state index is 0.905. The van der Waals surface area contributed by atoms with Crippen LogP contribution in [0.5, 0.6) is 0 Å². The second-order valence-electron chi connectivity index (χ2n) is 6.21. The Hall–Kier alpha value is -3.27. The van der Waals surface area contributed by atoms with Gasteiger partial charge < -0.3 is 0 Å². The van der Waals surface area contributed by atoms with Gasteiger partial charge in [0, 0.05) is 41.3 Å². The summed E-state index contributed by atoms with van der Waals surface area (Å²) in [6.07, 6.45) is 8.44. The lowest BCUT2D eigenvalue weighted by atomic mass is 10.1. The van der Waals surface area contributed by atoms with Crippen molar-refractivity contribution in [3.63, 3.8) is 0 Å². The first-order valence-electron chi connectivity index (χ1n) is 8.01. The van der Waals surface area contributed by atoms with Crippen molar-refractivity contribution in [2.24, 2.45) is 0 Å². The lowest BCUT2D eigenvalue weighted by Gasteiger charge is -2.09. The number of fused-ring (bicyclic) bond motifs is 10. The Kier molecular flexibility index (Phi) is 2.12. The van der Waals surface area contributed by atoms with E-state index in [1.807, 2.05) is 24.8 Å². The number of imidazole rings is 1. The average molecular weight is 308 g/mol. The molecule has 1 aliphatic carbocycles. The van der Waals surface area contributed by atoms with Gasteiger partial charge in [-0.2, -0.15) is 0 Å². The molecular weight excluding hydrogens is 296 g/mol. The number of rotatable bonds is 0. The van der Waals surface area contributed by atoms with E-state index in [-0.39, 0.29) is 0 Å². The Bertz CT molecular complexity index is 1280. The number of hydrogen-bond acceptors (Lipinski definition) is 3. The van der Waals surface area contributed by atoms with Gasteiger partial charge in [-0.05, 0) is 23.1 Å². The van der Waals surface area contributed by atoms with Crippen LogP contribution in [0.3, 0.4) is 0 Å². The normalized spacial score (nSPS) is 12.8. The van der Waals surface area contributed by atoms with Gasteiger partial charge in [0.25, 0.3) is 0 Å². The van der Waals surface area contributed by atoms with Gasteiger partial charge in [-0.15, -0.1) is 0 Å². The molecule has 0 radical (unpaired) electrons. The van der Waals surface area contributed by atoms with Gasteiger partial charge in [-0.3, -0.25) is 14.4 Å². The monoisotopic (exact) mass is 308 g/mol. The number of aromatic nitrogens is 4. The third kappa shape index (κ3) is 1.36. The number of hydrogen-bond donors (Lipinski definition) is 0. The van der Waals surface area contributed by atoms with E-state index in [1.54, 1.807) is 0 Å². The molecule has 1 aromatic carbocycles. The lowest BCUT2D eigenvalue weighted by molar-refractivity contribution is 1.09. The van der Waals surface area contributed by atoms with Crippen LogP contribution in [0.1, 0.15) is 11.3 Å². The van der Waals surface area contributed by atoms with E-state index in [1.165, 1.54) is 27.6 Å². The smallest absolute Gasteiger partial charge is 0.147 e. The molecule has 6 rings (SSSR count). The van der Waals surface area contributed by atoms with Crippen molar-refractivity contribution >= 4 is 27.3 Å². The summed E-state index contributed by atoms with van der Waals surface area (Å²) < 4.78 is 2.27. The molecule has 4 heteroatoms. The van der Waals surface area contributed by atoms with E-state index in [4.69, 9.17) is 4.98 Å². The molecule has 0 aliphatic heterocycles. The number of benzene rings is 1. The second kappa shape index (κ2) is 4.17. The molecule has 0 amide bonds. The zero-order valence-electron chi connectivity index (χ0n) is 12.8. The van der Waals surface area contributed by atoms with E-state index in [9.17, 15) is 0 Å². The fourth-order valence-corrected chi connectivity index (χ4v) is 3.96. The summed E-state index contributed by atoms with van der Waals surface area (Å²) in [6.45, 7) is 0. The molecule has 4 nitrogen and oxygen atoms in total. The van der Waals surface area contributed by atoms with Crippen LogP contribution in [0.4, 0.5) is 0 Å². The number of pyridine rings is 3. The van der Waals surface area contributed by atoms with Crippen molar-refractivity contribution in [2.45, 2.75) is 6.42 Å². The van der Waals surface area contributed by atoms with Crippen LogP contribution in [0.15, 0.2) is 61.2 Å². The fourth-order valence-electron chi connectivity index (χ4n) is 3.96. The van der Waals surface area contributed by atoms with E-state index in [0.717, 1.165) is 28.7 Å². The Morgan fingerprint density at radius 1 is 0.833 bits per heavy atom. The summed E-state index contributed by atoms with van der Waals surface area (Å²) in [6, 6.07) is 12.7.